The minimum absolute atomic E-state index is 0.0241. The Kier molecular flexibility index (Phi) is 7.42. The van der Waals surface area contributed by atoms with Gasteiger partial charge in [-0.15, -0.1) is 0 Å². The summed E-state index contributed by atoms with van der Waals surface area (Å²) in [6.07, 6.45) is 0.793. The maximum absolute atomic E-state index is 13.3. The molecular weight excluding hydrogens is 450 g/mol. The summed E-state index contributed by atoms with van der Waals surface area (Å²) in [6.45, 7) is 6.60. The maximum atomic E-state index is 13.3. The molecule has 2 amide bonds. The lowest BCUT2D eigenvalue weighted by atomic mass is 10.1. The lowest BCUT2D eigenvalue weighted by Gasteiger charge is -2.37. The quantitative estimate of drug-likeness (QED) is 0.630. The smallest absolute Gasteiger partial charge is 0.410 e. The van der Waals surface area contributed by atoms with Crippen molar-refractivity contribution in [1.29, 1.82) is 0 Å². The molecule has 1 aromatic carbocycles. The average molecular weight is 484 g/mol. The Balaban J connectivity index is 1.68. The third-order valence-corrected chi connectivity index (χ3v) is 7.62. The van der Waals surface area contributed by atoms with Gasteiger partial charge in [0.15, 0.2) is 0 Å². The molecule has 11 heteroatoms. The van der Waals surface area contributed by atoms with Crippen LogP contribution in [0.4, 0.5) is 4.79 Å². The number of hydrogen-bond acceptors (Lipinski definition) is 7. The largest absolute Gasteiger partial charge is 0.497 e. The molecule has 0 aromatic heterocycles. The summed E-state index contributed by atoms with van der Waals surface area (Å²) in [7, 11) is -0.968. The van der Waals surface area contributed by atoms with Crippen molar-refractivity contribution < 1.29 is 32.2 Å². The molecule has 2 heterocycles. The zero-order chi connectivity index (χ0) is 24.4. The van der Waals surface area contributed by atoms with Crippen LogP contribution in [0.1, 0.15) is 33.6 Å². The minimum Gasteiger partial charge on any atom is -0.497 e. The van der Waals surface area contributed by atoms with E-state index in [0.717, 1.165) is 6.42 Å². The molecule has 0 unspecified atom stereocenters. The molecule has 184 valence electrons. The number of piperazine rings is 1. The first-order valence-electron chi connectivity index (χ1n) is 11.0. The van der Waals surface area contributed by atoms with E-state index < -0.39 is 27.8 Å². The van der Waals surface area contributed by atoms with Crippen LogP contribution in [0.2, 0.25) is 0 Å². The van der Waals surface area contributed by atoms with Crippen LogP contribution in [-0.2, 0) is 19.6 Å². The molecule has 2 saturated heterocycles. The summed E-state index contributed by atoms with van der Waals surface area (Å²) in [4.78, 5) is 28.8. The van der Waals surface area contributed by atoms with E-state index in [4.69, 9.17) is 14.2 Å². The van der Waals surface area contributed by atoms with Gasteiger partial charge in [-0.3, -0.25) is 9.69 Å². The molecule has 0 saturated carbocycles. The maximum Gasteiger partial charge on any atom is 0.410 e. The molecule has 0 aliphatic carbocycles. The first-order chi connectivity index (χ1) is 15.5. The first-order valence-corrected chi connectivity index (χ1v) is 12.4. The molecule has 3 rings (SSSR count). The average Bonchev–Trinajstić information content (AvgIpc) is 3.27. The van der Waals surface area contributed by atoms with Crippen molar-refractivity contribution in [3.05, 3.63) is 18.2 Å². The topological polar surface area (TPSA) is 106 Å². The van der Waals surface area contributed by atoms with Gasteiger partial charge in [0.05, 0.1) is 14.2 Å². The molecule has 0 bridgehead atoms. The van der Waals surface area contributed by atoms with Crippen LogP contribution in [0, 0.1) is 0 Å². The third kappa shape index (κ3) is 5.52. The molecule has 2 aliphatic rings. The third-order valence-electron chi connectivity index (χ3n) is 5.70. The van der Waals surface area contributed by atoms with E-state index in [1.165, 1.54) is 29.5 Å². The molecule has 0 radical (unpaired) electrons. The molecule has 1 aromatic rings. The van der Waals surface area contributed by atoms with Crippen LogP contribution < -0.4 is 9.47 Å². The predicted octanol–water partition coefficient (Wildman–Crippen LogP) is 1.94. The van der Waals surface area contributed by atoms with Gasteiger partial charge in [-0.2, -0.15) is 4.31 Å². The van der Waals surface area contributed by atoms with Gasteiger partial charge in [0, 0.05) is 38.8 Å². The SMILES string of the molecule is COc1ccc(OC)c(S(=O)(=O)N2CCN(C(=O)[C@@H]3CCCN3C(=O)OC(C)(C)C)CC2)c1. The number of rotatable bonds is 5. The van der Waals surface area contributed by atoms with Crippen molar-refractivity contribution in [2.45, 2.75) is 50.2 Å². The molecule has 10 nitrogen and oxygen atoms in total. The van der Waals surface area contributed by atoms with E-state index in [0.29, 0.717) is 18.7 Å². The number of amides is 2. The van der Waals surface area contributed by atoms with E-state index in [1.807, 2.05) is 0 Å². The lowest BCUT2D eigenvalue weighted by Crippen LogP contribution is -2.55. The Morgan fingerprint density at radius 2 is 1.67 bits per heavy atom. The van der Waals surface area contributed by atoms with Crippen LogP contribution in [0.25, 0.3) is 0 Å². The number of benzene rings is 1. The monoisotopic (exact) mass is 483 g/mol. The van der Waals surface area contributed by atoms with Crippen molar-refractivity contribution in [3.63, 3.8) is 0 Å². The second-order valence-electron chi connectivity index (χ2n) is 9.08. The van der Waals surface area contributed by atoms with Gasteiger partial charge in [-0.05, 0) is 45.7 Å². The van der Waals surface area contributed by atoms with Gasteiger partial charge in [0.2, 0.25) is 15.9 Å². The molecular formula is C22H33N3O7S. The predicted molar refractivity (Wildman–Crippen MR) is 121 cm³/mol. The van der Waals surface area contributed by atoms with Gasteiger partial charge in [0.1, 0.15) is 28.0 Å². The second kappa shape index (κ2) is 9.76. The number of likely N-dealkylation sites (tertiary alicyclic amines) is 1. The van der Waals surface area contributed by atoms with Crippen molar-refractivity contribution in [3.8, 4) is 11.5 Å². The van der Waals surface area contributed by atoms with Crippen LogP contribution in [-0.4, -0.2) is 93.1 Å². The van der Waals surface area contributed by atoms with Crippen molar-refractivity contribution in [2.75, 3.05) is 46.9 Å². The Bertz CT molecular complexity index is 982. The fourth-order valence-electron chi connectivity index (χ4n) is 4.05. The summed E-state index contributed by atoms with van der Waals surface area (Å²) in [5.41, 5.74) is -0.644. The number of ether oxygens (including phenoxy) is 3. The zero-order valence-corrected chi connectivity index (χ0v) is 20.7. The molecule has 1 atom stereocenters. The van der Waals surface area contributed by atoms with E-state index in [-0.39, 0.29) is 42.7 Å². The highest BCUT2D eigenvalue weighted by atomic mass is 32.2. The summed E-state index contributed by atoms with van der Waals surface area (Å²) in [6, 6.07) is 4.04. The van der Waals surface area contributed by atoms with Gasteiger partial charge < -0.3 is 19.1 Å². The number of methoxy groups -OCH3 is 2. The summed E-state index contributed by atoms with van der Waals surface area (Å²) in [5.74, 6) is 0.467. The van der Waals surface area contributed by atoms with Crippen molar-refractivity contribution in [1.82, 2.24) is 14.1 Å². The summed E-state index contributed by atoms with van der Waals surface area (Å²) >= 11 is 0. The van der Waals surface area contributed by atoms with Crippen LogP contribution >= 0.6 is 0 Å². The lowest BCUT2D eigenvalue weighted by molar-refractivity contribution is -0.137. The summed E-state index contributed by atoms with van der Waals surface area (Å²) in [5, 5.41) is 0. The van der Waals surface area contributed by atoms with Gasteiger partial charge in [-0.1, -0.05) is 0 Å². The van der Waals surface area contributed by atoms with E-state index in [1.54, 1.807) is 37.8 Å². The number of hydrogen-bond donors (Lipinski definition) is 0. The van der Waals surface area contributed by atoms with Crippen LogP contribution in [0.15, 0.2) is 23.1 Å². The first kappa shape index (κ1) is 25.1. The van der Waals surface area contributed by atoms with Crippen molar-refractivity contribution in [2.24, 2.45) is 0 Å². The van der Waals surface area contributed by atoms with E-state index in [2.05, 4.69) is 0 Å². The Morgan fingerprint density at radius 3 is 2.24 bits per heavy atom. The summed E-state index contributed by atoms with van der Waals surface area (Å²) < 4.78 is 43.7. The number of nitrogens with zero attached hydrogens (tertiary/aromatic N) is 3. The standard InChI is InChI=1S/C22H33N3O7S/c1-22(2,3)32-21(27)25-10-6-7-17(25)20(26)23-11-13-24(14-12-23)33(28,29)19-15-16(30-4)8-9-18(19)31-5/h8-9,15,17H,6-7,10-14H2,1-5H3/t17-/m0/s1. The number of sulfonamides is 1. The van der Waals surface area contributed by atoms with E-state index >= 15 is 0 Å². The van der Waals surface area contributed by atoms with Crippen LogP contribution in [0.5, 0.6) is 11.5 Å². The highest BCUT2D eigenvalue weighted by molar-refractivity contribution is 7.89. The molecule has 2 fully saturated rings. The second-order valence-corrected chi connectivity index (χ2v) is 11.0. The van der Waals surface area contributed by atoms with E-state index in [9.17, 15) is 18.0 Å². The Morgan fingerprint density at radius 1 is 1.00 bits per heavy atom. The Labute approximate surface area is 195 Å². The fourth-order valence-corrected chi connectivity index (χ4v) is 5.64. The molecule has 2 aliphatic heterocycles. The van der Waals surface area contributed by atoms with Gasteiger partial charge >= 0.3 is 6.09 Å². The van der Waals surface area contributed by atoms with Gasteiger partial charge in [0.25, 0.3) is 0 Å². The molecule has 33 heavy (non-hydrogen) atoms. The minimum atomic E-state index is -3.84. The zero-order valence-electron chi connectivity index (χ0n) is 19.9. The highest BCUT2D eigenvalue weighted by Crippen LogP contribution is 2.31. The molecule has 0 N–H and O–H groups in total. The molecule has 0 spiro atoms. The van der Waals surface area contributed by atoms with Crippen molar-refractivity contribution >= 4 is 22.0 Å². The normalized spacial score (nSPS) is 20.0. The number of carbonyl (C=O) groups excluding carboxylic acids is 2. The van der Waals surface area contributed by atoms with Crippen LogP contribution in [0.3, 0.4) is 0 Å². The van der Waals surface area contributed by atoms with Gasteiger partial charge in [-0.25, -0.2) is 13.2 Å². The number of carbonyl (C=O) groups is 2. The highest BCUT2D eigenvalue weighted by Gasteiger charge is 2.40. The Hall–Kier alpha value is -2.53. The fraction of sp³-hybridized carbons (Fsp3) is 0.636.